The van der Waals surface area contributed by atoms with Crippen molar-refractivity contribution < 1.29 is 4.42 Å². The predicted molar refractivity (Wildman–Crippen MR) is 60.3 cm³/mol. The monoisotopic (exact) mass is 220 g/mol. The molecule has 16 heavy (non-hydrogen) atoms. The molecule has 1 unspecified atom stereocenters. The van der Waals surface area contributed by atoms with Crippen molar-refractivity contribution in [3.63, 3.8) is 0 Å². The van der Waals surface area contributed by atoms with Crippen LogP contribution in [0.2, 0.25) is 0 Å². The number of nitrogens with two attached hydrogens (primary N) is 1. The van der Waals surface area contributed by atoms with Crippen LogP contribution in [0.25, 0.3) is 0 Å². The lowest BCUT2D eigenvalue weighted by atomic mass is 10.1. The van der Waals surface area contributed by atoms with Gasteiger partial charge in [0.15, 0.2) is 0 Å². The number of nitrogens with zero attached hydrogens (tertiary/aromatic N) is 2. The van der Waals surface area contributed by atoms with Gasteiger partial charge in [-0.3, -0.25) is 16.0 Å². The summed E-state index contributed by atoms with van der Waals surface area (Å²) in [6, 6.07) is 5.88. The van der Waals surface area contributed by atoms with E-state index in [9.17, 15) is 0 Å². The topological polar surface area (TPSA) is 69.0 Å². The van der Waals surface area contributed by atoms with E-state index < -0.39 is 0 Å². The third-order valence-corrected chi connectivity index (χ3v) is 2.55. The Bertz CT molecular complexity index is 421. The lowest BCUT2D eigenvalue weighted by Gasteiger charge is -2.12. The van der Waals surface area contributed by atoms with Crippen molar-refractivity contribution in [2.24, 2.45) is 12.9 Å². The second kappa shape index (κ2) is 4.96. The van der Waals surface area contributed by atoms with E-state index in [1.807, 2.05) is 31.4 Å². The molecule has 0 aliphatic rings. The highest BCUT2D eigenvalue weighted by Crippen LogP contribution is 2.16. The first kappa shape index (κ1) is 10.9. The number of aryl methyl sites for hydroxylation is 2. The minimum Gasteiger partial charge on any atom is -0.469 e. The fourth-order valence-corrected chi connectivity index (χ4v) is 1.68. The van der Waals surface area contributed by atoms with Crippen LogP contribution in [0, 0.1) is 0 Å². The average Bonchev–Trinajstić information content (AvgIpc) is 2.91. The van der Waals surface area contributed by atoms with E-state index in [2.05, 4.69) is 10.5 Å². The molecule has 0 spiro atoms. The summed E-state index contributed by atoms with van der Waals surface area (Å²) in [5, 5.41) is 4.33. The Labute approximate surface area is 94.2 Å². The van der Waals surface area contributed by atoms with Crippen LogP contribution in [-0.4, -0.2) is 9.78 Å². The Morgan fingerprint density at radius 1 is 1.56 bits per heavy atom. The number of nitrogens with one attached hydrogen (secondary N) is 1. The number of hydrazine groups is 1. The number of rotatable bonds is 5. The molecular weight excluding hydrogens is 204 g/mol. The van der Waals surface area contributed by atoms with Crippen LogP contribution in [0.3, 0.4) is 0 Å². The summed E-state index contributed by atoms with van der Waals surface area (Å²) >= 11 is 0. The van der Waals surface area contributed by atoms with Crippen molar-refractivity contribution in [1.82, 2.24) is 15.2 Å². The van der Waals surface area contributed by atoms with Gasteiger partial charge in [0.25, 0.3) is 0 Å². The number of aromatic nitrogens is 2. The second-order valence-corrected chi connectivity index (χ2v) is 3.75. The van der Waals surface area contributed by atoms with E-state index in [-0.39, 0.29) is 6.04 Å². The summed E-state index contributed by atoms with van der Waals surface area (Å²) < 4.78 is 7.05. The highest BCUT2D eigenvalue weighted by Gasteiger charge is 2.12. The zero-order chi connectivity index (χ0) is 11.4. The molecule has 86 valence electrons. The third-order valence-electron chi connectivity index (χ3n) is 2.55. The van der Waals surface area contributed by atoms with Crippen molar-refractivity contribution in [2.45, 2.75) is 18.9 Å². The Kier molecular flexibility index (Phi) is 3.38. The summed E-state index contributed by atoms with van der Waals surface area (Å²) in [5.41, 5.74) is 3.73. The molecule has 3 N–H and O–H groups in total. The molecule has 5 nitrogen and oxygen atoms in total. The largest absolute Gasteiger partial charge is 0.469 e. The SMILES string of the molecule is Cn1ccc(C(CCc2ccco2)NN)n1. The first-order chi connectivity index (χ1) is 7.79. The van der Waals surface area contributed by atoms with Gasteiger partial charge in [-0.1, -0.05) is 0 Å². The molecule has 0 amide bonds. The lowest BCUT2D eigenvalue weighted by Crippen LogP contribution is -2.28. The molecular formula is C11H16N4O. The van der Waals surface area contributed by atoms with Crippen LogP contribution < -0.4 is 11.3 Å². The summed E-state index contributed by atoms with van der Waals surface area (Å²) in [5.74, 6) is 6.49. The lowest BCUT2D eigenvalue weighted by molar-refractivity contribution is 0.451. The van der Waals surface area contributed by atoms with E-state index in [1.165, 1.54) is 0 Å². The minimum absolute atomic E-state index is 0.0614. The Hall–Kier alpha value is -1.59. The Balaban J connectivity index is 1.96. The van der Waals surface area contributed by atoms with Gasteiger partial charge in [-0.25, -0.2) is 0 Å². The molecule has 5 heteroatoms. The van der Waals surface area contributed by atoms with Crippen LogP contribution in [-0.2, 0) is 13.5 Å². The maximum absolute atomic E-state index is 5.52. The van der Waals surface area contributed by atoms with Gasteiger partial charge in [-0.05, 0) is 24.6 Å². The average molecular weight is 220 g/mol. The molecule has 0 saturated carbocycles. The van der Waals surface area contributed by atoms with E-state index in [4.69, 9.17) is 10.3 Å². The molecule has 0 aliphatic carbocycles. The number of furan rings is 1. The summed E-state index contributed by atoms with van der Waals surface area (Å²) in [4.78, 5) is 0. The predicted octanol–water partition coefficient (Wildman–Crippen LogP) is 1.15. The Morgan fingerprint density at radius 2 is 2.44 bits per heavy atom. The molecule has 0 aliphatic heterocycles. The van der Waals surface area contributed by atoms with Crippen LogP contribution in [0.4, 0.5) is 0 Å². The molecule has 0 bridgehead atoms. The smallest absolute Gasteiger partial charge is 0.103 e. The first-order valence-corrected chi connectivity index (χ1v) is 5.27. The van der Waals surface area contributed by atoms with E-state index in [0.29, 0.717) is 0 Å². The van der Waals surface area contributed by atoms with Crippen molar-refractivity contribution in [3.05, 3.63) is 42.1 Å². The van der Waals surface area contributed by atoms with Crippen LogP contribution in [0.15, 0.2) is 35.1 Å². The first-order valence-electron chi connectivity index (χ1n) is 5.27. The van der Waals surface area contributed by atoms with Crippen molar-refractivity contribution >= 4 is 0 Å². The zero-order valence-electron chi connectivity index (χ0n) is 9.26. The molecule has 0 aromatic carbocycles. The number of hydrogen-bond donors (Lipinski definition) is 2. The van der Waals surface area contributed by atoms with Crippen LogP contribution in [0.1, 0.15) is 23.9 Å². The van der Waals surface area contributed by atoms with Gasteiger partial charge < -0.3 is 4.42 Å². The van der Waals surface area contributed by atoms with Crippen molar-refractivity contribution in [1.29, 1.82) is 0 Å². The van der Waals surface area contributed by atoms with Gasteiger partial charge in [-0.2, -0.15) is 5.10 Å². The fraction of sp³-hybridized carbons (Fsp3) is 0.364. The molecule has 0 fully saturated rings. The minimum atomic E-state index is 0.0614. The summed E-state index contributed by atoms with van der Waals surface area (Å²) in [7, 11) is 1.89. The highest BCUT2D eigenvalue weighted by atomic mass is 16.3. The van der Waals surface area contributed by atoms with Gasteiger partial charge in [0.05, 0.1) is 18.0 Å². The van der Waals surface area contributed by atoms with Crippen LogP contribution in [0.5, 0.6) is 0 Å². The van der Waals surface area contributed by atoms with Crippen molar-refractivity contribution in [3.8, 4) is 0 Å². The van der Waals surface area contributed by atoms with Gasteiger partial charge >= 0.3 is 0 Å². The summed E-state index contributed by atoms with van der Waals surface area (Å²) in [6.07, 6.45) is 5.30. The van der Waals surface area contributed by atoms with Gasteiger partial charge in [0, 0.05) is 19.7 Å². The van der Waals surface area contributed by atoms with Gasteiger partial charge in [0.2, 0.25) is 0 Å². The van der Waals surface area contributed by atoms with Gasteiger partial charge in [-0.15, -0.1) is 0 Å². The quantitative estimate of drug-likeness (QED) is 0.586. The molecule has 0 saturated heterocycles. The fourth-order valence-electron chi connectivity index (χ4n) is 1.68. The van der Waals surface area contributed by atoms with E-state index >= 15 is 0 Å². The highest BCUT2D eigenvalue weighted by molar-refractivity contribution is 5.06. The van der Waals surface area contributed by atoms with Crippen LogP contribution >= 0.6 is 0 Å². The third kappa shape index (κ3) is 2.50. The molecule has 2 aromatic rings. The van der Waals surface area contributed by atoms with E-state index in [0.717, 1.165) is 24.3 Å². The molecule has 1 atom stereocenters. The molecule has 0 radical (unpaired) electrons. The molecule has 2 aromatic heterocycles. The standard InChI is InChI=1S/C11H16N4O/c1-15-7-6-11(14-15)10(13-12)5-4-9-3-2-8-16-9/h2-3,6-8,10,13H,4-5,12H2,1H3. The maximum Gasteiger partial charge on any atom is 0.103 e. The maximum atomic E-state index is 5.52. The normalized spacial score (nSPS) is 12.9. The Morgan fingerprint density at radius 3 is 3.00 bits per heavy atom. The van der Waals surface area contributed by atoms with Gasteiger partial charge in [0.1, 0.15) is 5.76 Å². The molecule has 2 rings (SSSR count). The number of hydrogen-bond acceptors (Lipinski definition) is 4. The van der Waals surface area contributed by atoms with E-state index in [1.54, 1.807) is 10.9 Å². The van der Waals surface area contributed by atoms with Crippen molar-refractivity contribution in [2.75, 3.05) is 0 Å². The zero-order valence-corrected chi connectivity index (χ0v) is 9.26. The molecule has 2 heterocycles. The summed E-state index contributed by atoms with van der Waals surface area (Å²) in [6.45, 7) is 0. The second-order valence-electron chi connectivity index (χ2n) is 3.75.